The van der Waals surface area contributed by atoms with Crippen molar-refractivity contribution in [2.75, 3.05) is 0 Å². The second-order valence-corrected chi connectivity index (χ2v) is 5.14. The molecule has 3 rings (SSSR count). The summed E-state index contributed by atoms with van der Waals surface area (Å²) in [6, 6.07) is 9.50. The molecule has 0 unspecified atom stereocenters. The quantitative estimate of drug-likeness (QED) is 0.791. The first-order valence-corrected chi connectivity index (χ1v) is 6.60. The van der Waals surface area contributed by atoms with Gasteiger partial charge in [-0.3, -0.25) is 9.36 Å². The van der Waals surface area contributed by atoms with Crippen LogP contribution in [0.3, 0.4) is 0 Å². The van der Waals surface area contributed by atoms with Gasteiger partial charge in [0.15, 0.2) is 5.65 Å². The van der Waals surface area contributed by atoms with Crippen LogP contribution < -0.4 is 5.56 Å². The second-order valence-electron chi connectivity index (χ2n) is 4.14. The maximum atomic E-state index is 12.3. The van der Waals surface area contributed by atoms with Crippen LogP contribution >= 0.6 is 11.3 Å². The molecule has 0 aliphatic rings. The molecule has 7 heteroatoms. The monoisotopic (exact) mass is 287 g/mol. The van der Waals surface area contributed by atoms with Crippen LogP contribution in [0.2, 0.25) is 0 Å². The van der Waals surface area contributed by atoms with Crippen molar-refractivity contribution < 1.29 is 9.90 Å². The Morgan fingerprint density at radius 3 is 2.75 bits per heavy atom. The lowest BCUT2D eigenvalue weighted by Crippen LogP contribution is -2.20. The second kappa shape index (κ2) is 4.86. The number of fused-ring (bicyclic) bond motifs is 1. The molecular formula is C13H9N3O3S. The molecule has 100 valence electrons. The predicted molar refractivity (Wildman–Crippen MR) is 74.2 cm³/mol. The van der Waals surface area contributed by atoms with Crippen LogP contribution in [0.4, 0.5) is 0 Å². The molecule has 3 aromatic rings. The van der Waals surface area contributed by atoms with Gasteiger partial charge in [-0.25, -0.2) is 14.8 Å². The van der Waals surface area contributed by atoms with E-state index in [1.165, 1.54) is 10.9 Å². The summed E-state index contributed by atoms with van der Waals surface area (Å²) < 4.78 is 1.71. The Morgan fingerprint density at radius 2 is 2.05 bits per heavy atom. The van der Waals surface area contributed by atoms with Crippen LogP contribution in [-0.2, 0) is 6.54 Å². The average Bonchev–Trinajstić information content (AvgIpc) is 2.88. The molecule has 0 atom stereocenters. The summed E-state index contributed by atoms with van der Waals surface area (Å²) in [6.07, 6.45) is 1.39. The molecule has 20 heavy (non-hydrogen) atoms. The summed E-state index contributed by atoms with van der Waals surface area (Å²) in [5, 5.41) is 8.77. The summed E-state index contributed by atoms with van der Waals surface area (Å²) >= 11 is 0.850. The van der Waals surface area contributed by atoms with Gasteiger partial charge in [0, 0.05) is 0 Å². The molecule has 2 heterocycles. The third-order valence-corrected chi connectivity index (χ3v) is 3.78. The fraction of sp³-hybridized carbons (Fsp3) is 0.0769. The maximum absolute atomic E-state index is 12.3. The zero-order chi connectivity index (χ0) is 14.1. The topological polar surface area (TPSA) is 85.1 Å². The smallest absolute Gasteiger partial charge is 0.365 e. The SMILES string of the molecule is O=C(O)c1nc2ncn(Cc3ccccc3)c(=O)c2s1. The summed E-state index contributed by atoms with van der Waals surface area (Å²) in [5.41, 5.74) is 0.879. The molecule has 0 amide bonds. The van der Waals surface area contributed by atoms with Crippen molar-refractivity contribution in [2.45, 2.75) is 6.54 Å². The Morgan fingerprint density at radius 1 is 1.30 bits per heavy atom. The molecular weight excluding hydrogens is 278 g/mol. The standard InChI is InChI=1S/C13H9N3O3S/c17-12-9-10(15-11(20-9)13(18)19)14-7-16(12)6-8-4-2-1-3-5-8/h1-5,7H,6H2,(H,18,19). The average molecular weight is 287 g/mol. The summed E-state index contributed by atoms with van der Waals surface area (Å²) in [5.74, 6) is -1.15. The first-order valence-electron chi connectivity index (χ1n) is 5.78. The fourth-order valence-electron chi connectivity index (χ4n) is 1.83. The first kappa shape index (κ1) is 12.5. The van der Waals surface area contributed by atoms with Crippen molar-refractivity contribution in [3.05, 3.63) is 57.6 Å². The molecule has 0 fully saturated rings. The van der Waals surface area contributed by atoms with Crippen molar-refractivity contribution in [1.82, 2.24) is 14.5 Å². The normalized spacial score (nSPS) is 10.8. The largest absolute Gasteiger partial charge is 0.476 e. The summed E-state index contributed by atoms with van der Waals surface area (Å²) in [7, 11) is 0. The van der Waals surface area contributed by atoms with Crippen molar-refractivity contribution in [3.63, 3.8) is 0 Å². The molecule has 0 bridgehead atoms. The zero-order valence-corrected chi connectivity index (χ0v) is 11.0. The number of carboxylic acids is 1. The van der Waals surface area contributed by atoms with E-state index in [0.29, 0.717) is 6.54 Å². The molecule has 0 aliphatic heterocycles. The molecule has 0 spiro atoms. The van der Waals surface area contributed by atoms with Gasteiger partial charge < -0.3 is 5.11 Å². The number of nitrogens with zero attached hydrogens (tertiary/aromatic N) is 3. The molecule has 0 radical (unpaired) electrons. The van der Waals surface area contributed by atoms with Gasteiger partial charge in [-0.2, -0.15) is 0 Å². The van der Waals surface area contributed by atoms with Crippen molar-refractivity contribution in [3.8, 4) is 0 Å². The molecule has 1 N–H and O–H groups in total. The highest BCUT2D eigenvalue weighted by Crippen LogP contribution is 2.16. The van der Waals surface area contributed by atoms with Gasteiger partial charge >= 0.3 is 5.97 Å². The lowest BCUT2D eigenvalue weighted by molar-refractivity contribution is 0.0696. The molecule has 6 nitrogen and oxygen atoms in total. The number of carbonyl (C=O) groups is 1. The van der Waals surface area contributed by atoms with E-state index in [0.717, 1.165) is 16.9 Å². The number of rotatable bonds is 3. The highest BCUT2D eigenvalue weighted by Gasteiger charge is 2.15. The van der Waals surface area contributed by atoms with Crippen molar-refractivity contribution in [2.24, 2.45) is 0 Å². The van der Waals surface area contributed by atoms with Crippen LogP contribution in [0.5, 0.6) is 0 Å². The zero-order valence-electron chi connectivity index (χ0n) is 10.2. The number of benzene rings is 1. The Labute approximate surface area is 117 Å². The predicted octanol–water partition coefficient (Wildman–Crippen LogP) is 1.60. The Kier molecular flexibility index (Phi) is 3.03. The van der Waals surface area contributed by atoms with Crippen LogP contribution in [0.15, 0.2) is 41.5 Å². The summed E-state index contributed by atoms with van der Waals surface area (Å²) in [4.78, 5) is 31.0. The van der Waals surface area contributed by atoms with Gasteiger partial charge in [0.25, 0.3) is 5.56 Å². The van der Waals surface area contributed by atoms with E-state index in [-0.39, 0.29) is 20.9 Å². The lowest BCUT2D eigenvalue weighted by Gasteiger charge is -2.04. The maximum Gasteiger partial charge on any atom is 0.365 e. The van der Waals surface area contributed by atoms with E-state index in [1.54, 1.807) is 0 Å². The number of hydrogen-bond acceptors (Lipinski definition) is 5. The number of aromatic carboxylic acids is 1. The van der Waals surface area contributed by atoms with Crippen LogP contribution in [-0.4, -0.2) is 25.6 Å². The fourth-order valence-corrected chi connectivity index (χ4v) is 2.64. The van der Waals surface area contributed by atoms with E-state index in [4.69, 9.17) is 5.11 Å². The van der Waals surface area contributed by atoms with Gasteiger partial charge in [0.1, 0.15) is 11.0 Å². The van der Waals surface area contributed by atoms with Crippen LogP contribution in [0, 0.1) is 0 Å². The van der Waals surface area contributed by atoms with Crippen LogP contribution in [0.25, 0.3) is 10.3 Å². The Hall–Kier alpha value is -2.54. The Bertz CT molecular complexity index is 839. The highest BCUT2D eigenvalue weighted by atomic mass is 32.1. The minimum Gasteiger partial charge on any atom is -0.476 e. The van der Waals surface area contributed by atoms with Gasteiger partial charge in [-0.05, 0) is 5.56 Å². The third-order valence-electron chi connectivity index (χ3n) is 2.76. The molecule has 0 aliphatic carbocycles. The van der Waals surface area contributed by atoms with E-state index in [2.05, 4.69) is 9.97 Å². The van der Waals surface area contributed by atoms with Gasteiger partial charge in [0.2, 0.25) is 5.01 Å². The number of thiazole rings is 1. The van der Waals surface area contributed by atoms with E-state index < -0.39 is 5.97 Å². The number of aromatic nitrogens is 3. The molecule has 1 aromatic carbocycles. The minimum absolute atomic E-state index is 0.123. The number of hydrogen-bond donors (Lipinski definition) is 1. The lowest BCUT2D eigenvalue weighted by atomic mass is 10.2. The third kappa shape index (κ3) is 2.19. The van der Waals surface area contributed by atoms with Crippen LogP contribution in [0.1, 0.15) is 15.4 Å². The highest BCUT2D eigenvalue weighted by molar-refractivity contribution is 7.20. The Balaban J connectivity index is 2.07. The van der Waals surface area contributed by atoms with E-state index in [9.17, 15) is 9.59 Å². The minimum atomic E-state index is -1.15. The molecule has 0 saturated heterocycles. The van der Waals surface area contributed by atoms with Gasteiger partial charge in [-0.1, -0.05) is 41.7 Å². The molecule has 2 aromatic heterocycles. The van der Waals surface area contributed by atoms with E-state index >= 15 is 0 Å². The molecule has 0 saturated carbocycles. The summed E-state index contributed by atoms with van der Waals surface area (Å²) in [6.45, 7) is 0.392. The van der Waals surface area contributed by atoms with E-state index in [1.807, 2.05) is 30.3 Å². The number of carboxylic acid groups (broad SMARTS) is 1. The van der Waals surface area contributed by atoms with Crippen molar-refractivity contribution in [1.29, 1.82) is 0 Å². The van der Waals surface area contributed by atoms with Crippen molar-refractivity contribution >= 4 is 27.7 Å². The van der Waals surface area contributed by atoms with Gasteiger partial charge in [-0.15, -0.1) is 0 Å². The van der Waals surface area contributed by atoms with Gasteiger partial charge in [0.05, 0.1) is 6.54 Å². The first-order chi connectivity index (χ1) is 9.65.